The van der Waals surface area contributed by atoms with E-state index in [-0.39, 0.29) is 6.42 Å². The number of carbonyl (C=O) groups is 1. The fourth-order valence-corrected chi connectivity index (χ4v) is 2.28. The molecule has 1 N–H and O–H groups in total. The van der Waals surface area contributed by atoms with E-state index in [0.29, 0.717) is 12.6 Å². The van der Waals surface area contributed by atoms with Crippen molar-refractivity contribution in [2.45, 2.75) is 37.8 Å². The summed E-state index contributed by atoms with van der Waals surface area (Å²) < 4.78 is 0. The Morgan fingerprint density at radius 2 is 2.20 bits per heavy atom. The zero-order valence-electron chi connectivity index (χ0n) is 9.35. The van der Waals surface area contributed by atoms with Gasteiger partial charge in [-0.2, -0.15) is 0 Å². The number of nitrogens with zero attached hydrogens (tertiary/aromatic N) is 2. The van der Waals surface area contributed by atoms with Crippen LogP contribution in [-0.4, -0.2) is 59.6 Å². The van der Waals surface area contributed by atoms with Crippen LogP contribution >= 0.6 is 0 Å². The standard InChI is InChI=1S/C11H20N2O2/c1-12(6-5-11(14)15)8-10-4-7-13(10)9-2-3-9/h9-10H,2-8H2,1H3,(H,14,15). The van der Waals surface area contributed by atoms with Crippen LogP contribution in [-0.2, 0) is 4.79 Å². The first-order valence-electron chi connectivity index (χ1n) is 5.83. The van der Waals surface area contributed by atoms with E-state index in [4.69, 9.17) is 5.11 Å². The van der Waals surface area contributed by atoms with Gasteiger partial charge in [-0.25, -0.2) is 0 Å². The van der Waals surface area contributed by atoms with Gasteiger partial charge in [0.25, 0.3) is 0 Å². The van der Waals surface area contributed by atoms with Crippen molar-refractivity contribution in [1.82, 2.24) is 9.80 Å². The highest BCUT2D eigenvalue weighted by Crippen LogP contribution is 2.34. The Kier molecular flexibility index (Phi) is 3.26. The highest BCUT2D eigenvalue weighted by atomic mass is 16.4. The van der Waals surface area contributed by atoms with Crippen molar-refractivity contribution in [3.63, 3.8) is 0 Å². The summed E-state index contributed by atoms with van der Waals surface area (Å²) in [6, 6.07) is 1.55. The highest BCUT2D eigenvalue weighted by Gasteiger charge is 2.39. The minimum absolute atomic E-state index is 0.257. The smallest absolute Gasteiger partial charge is 0.304 e. The summed E-state index contributed by atoms with van der Waals surface area (Å²) in [5.41, 5.74) is 0. The van der Waals surface area contributed by atoms with Gasteiger partial charge in [0, 0.05) is 31.7 Å². The molecular formula is C11H20N2O2. The Bertz CT molecular complexity index is 241. The number of likely N-dealkylation sites (tertiary alicyclic amines) is 1. The van der Waals surface area contributed by atoms with E-state index >= 15 is 0 Å². The monoisotopic (exact) mass is 212 g/mol. The molecule has 0 aromatic heterocycles. The molecule has 1 aliphatic heterocycles. The molecule has 0 radical (unpaired) electrons. The summed E-state index contributed by atoms with van der Waals surface area (Å²) in [5.74, 6) is -0.700. The highest BCUT2D eigenvalue weighted by molar-refractivity contribution is 5.66. The van der Waals surface area contributed by atoms with Gasteiger partial charge in [0.2, 0.25) is 0 Å². The average molecular weight is 212 g/mol. The van der Waals surface area contributed by atoms with Crippen LogP contribution in [0, 0.1) is 0 Å². The lowest BCUT2D eigenvalue weighted by Gasteiger charge is -2.43. The van der Waals surface area contributed by atoms with Crippen molar-refractivity contribution in [2.24, 2.45) is 0 Å². The summed E-state index contributed by atoms with van der Waals surface area (Å²) in [7, 11) is 2.02. The molecule has 0 amide bonds. The molecule has 15 heavy (non-hydrogen) atoms. The van der Waals surface area contributed by atoms with Crippen molar-refractivity contribution >= 4 is 5.97 Å². The molecule has 0 aromatic rings. The Balaban J connectivity index is 1.65. The van der Waals surface area contributed by atoms with Crippen molar-refractivity contribution in [2.75, 3.05) is 26.7 Å². The van der Waals surface area contributed by atoms with Crippen LogP contribution in [0.15, 0.2) is 0 Å². The van der Waals surface area contributed by atoms with Crippen LogP contribution in [0.1, 0.15) is 25.7 Å². The van der Waals surface area contributed by atoms with Gasteiger partial charge in [0.1, 0.15) is 0 Å². The molecule has 2 rings (SSSR count). The lowest BCUT2D eigenvalue weighted by molar-refractivity contribution is -0.137. The summed E-state index contributed by atoms with van der Waals surface area (Å²) in [6.07, 6.45) is 4.28. The van der Waals surface area contributed by atoms with Gasteiger partial charge in [0.05, 0.1) is 6.42 Å². The number of rotatable bonds is 6. The fraction of sp³-hybridized carbons (Fsp3) is 0.909. The van der Waals surface area contributed by atoms with E-state index in [9.17, 15) is 4.79 Å². The zero-order valence-corrected chi connectivity index (χ0v) is 9.35. The molecule has 1 saturated heterocycles. The van der Waals surface area contributed by atoms with Gasteiger partial charge in [-0.3, -0.25) is 9.69 Å². The lowest BCUT2D eigenvalue weighted by Crippen LogP contribution is -2.54. The van der Waals surface area contributed by atoms with E-state index < -0.39 is 5.97 Å². The van der Waals surface area contributed by atoms with E-state index in [1.807, 2.05) is 7.05 Å². The maximum atomic E-state index is 10.4. The quantitative estimate of drug-likeness (QED) is 0.701. The number of hydrogen-bond donors (Lipinski definition) is 1. The van der Waals surface area contributed by atoms with E-state index in [1.165, 1.54) is 25.8 Å². The zero-order chi connectivity index (χ0) is 10.8. The SMILES string of the molecule is CN(CCC(=O)O)CC1CCN1C1CC1. The van der Waals surface area contributed by atoms with Gasteiger partial charge in [-0.15, -0.1) is 0 Å². The molecule has 4 nitrogen and oxygen atoms in total. The van der Waals surface area contributed by atoms with Gasteiger partial charge in [-0.1, -0.05) is 0 Å². The molecular weight excluding hydrogens is 192 g/mol. The van der Waals surface area contributed by atoms with Crippen LogP contribution in [0.5, 0.6) is 0 Å². The van der Waals surface area contributed by atoms with Crippen molar-refractivity contribution < 1.29 is 9.90 Å². The van der Waals surface area contributed by atoms with Gasteiger partial charge >= 0.3 is 5.97 Å². The second kappa shape index (κ2) is 4.49. The number of carboxylic acid groups (broad SMARTS) is 1. The third kappa shape index (κ3) is 2.92. The average Bonchev–Trinajstić information content (AvgIpc) is 2.93. The van der Waals surface area contributed by atoms with Crippen LogP contribution in [0.4, 0.5) is 0 Å². The topological polar surface area (TPSA) is 43.8 Å². The Hall–Kier alpha value is -0.610. The maximum Gasteiger partial charge on any atom is 0.304 e. The predicted octanol–water partition coefficient (Wildman–Crippen LogP) is 0.630. The lowest BCUT2D eigenvalue weighted by atomic mass is 10.0. The predicted molar refractivity (Wildman–Crippen MR) is 57.9 cm³/mol. The van der Waals surface area contributed by atoms with Crippen LogP contribution in [0.3, 0.4) is 0 Å². The summed E-state index contributed by atoms with van der Waals surface area (Å²) in [4.78, 5) is 15.1. The summed E-state index contributed by atoms with van der Waals surface area (Å²) in [5, 5.41) is 8.58. The minimum atomic E-state index is -0.700. The van der Waals surface area contributed by atoms with E-state index in [0.717, 1.165) is 12.6 Å². The summed E-state index contributed by atoms with van der Waals surface area (Å²) in [6.45, 7) is 2.95. The normalized spacial score (nSPS) is 26.7. The first kappa shape index (κ1) is 10.9. The van der Waals surface area contributed by atoms with Crippen molar-refractivity contribution in [1.29, 1.82) is 0 Å². The Morgan fingerprint density at radius 1 is 1.47 bits per heavy atom. The third-order valence-corrected chi connectivity index (χ3v) is 3.44. The minimum Gasteiger partial charge on any atom is -0.481 e. The number of likely N-dealkylation sites (N-methyl/N-ethyl adjacent to an activating group) is 1. The molecule has 1 atom stereocenters. The van der Waals surface area contributed by atoms with E-state index in [1.54, 1.807) is 0 Å². The van der Waals surface area contributed by atoms with E-state index in [2.05, 4.69) is 9.80 Å². The molecule has 86 valence electrons. The number of hydrogen-bond acceptors (Lipinski definition) is 3. The maximum absolute atomic E-state index is 10.4. The molecule has 0 spiro atoms. The van der Waals surface area contributed by atoms with Gasteiger partial charge in [0.15, 0.2) is 0 Å². The van der Waals surface area contributed by atoms with Crippen LogP contribution in [0.25, 0.3) is 0 Å². The molecule has 2 aliphatic rings. The molecule has 0 bridgehead atoms. The largest absolute Gasteiger partial charge is 0.481 e. The fourth-order valence-electron chi connectivity index (χ4n) is 2.28. The molecule has 1 saturated carbocycles. The van der Waals surface area contributed by atoms with Crippen LogP contribution in [0.2, 0.25) is 0 Å². The first-order chi connectivity index (χ1) is 7.16. The molecule has 2 fully saturated rings. The molecule has 1 heterocycles. The van der Waals surface area contributed by atoms with Crippen molar-refractivity contribution in [3.8, 4) is 0 Å². The second-order valence-corrected chi connectivity index (χ2v) is 4.82. The number of aliphatic carboxylic acids is 1. The molecule has 0 aromatic carbocycles. The Morgan fingerprint density at radius 3 is 2.67 bits per heavy atom. The summed E-state index contributed by atoms with van der Waals surface area (Å²) >= 11 is 0. The van der Waals surface area contributed by atoms with Gasteiger partial charge < -0.3 is 10.0 Å². The molecule has 1 unspecified atom stereocenters. The number of carboxylic acids is 1. The first-order valence-corrected chi connectivity index (χ1v) is 5.83. The second-order valence-electron chi connectivity index (χ2n) is 4.82. The third-order valence-electron chi connectivity index (χ3n) is 3.44. The molecule has 1 aliphatic carbocycles. The van der Waals surface area contributed by atoms with Crippen LogP contribution < -0.4 is 0 Å². The molecule has 4 heteroatoms. The van der Waals surface area contributed by atoms with Gasteiger partial charge in [-0.05, 0) is 26.3 Å². The Labute approximate surface area is 90.9 Å². The van der Waals surface area contributed by atoms with Crippen molar-refractivity contribution in [3.05, 3.63) is 0 Å².